The van der Waals surface area contributed by atoms with Crippen LogP contribution in [-0.4, -0.2) is 34.5 Å². The summed E-state index contributed by atoms with van der Waals surface area (Å²) in [7, 11) is 0. The van der Waals surface area contributed by atoms with Crippen molar-refractivity contribution in [3.63, 3.8) is 0 Å². The Labute approximate surface area is 282 Å². The number of para-hydroxylation sites is 2. The first-order valence-corrected chi connectivity index (χ1v) is 16.3. The fraction of sp³-hybridized carbons (Fsp3) is 0.0476. The monoisotopic (exact) mass is 631 g/mol. The standard InChI is InChI=1S/C42H29N7/c1-2-38-48-41-37(49(38)31-12-4-3-5-13-31)21-20-33-32-14-6-7-15-34(32)45-40(39(33)41)28-18-16-27(17-19-28)35-24-36(29-10-8-22-43-25-29)47-42(46-35)30-11-9-23-44-26-30/h3-26H,2H2,1H3. The third-order valence-corrected chi connectivity index (χ3v) is 8.95. The van der Waals surface area contributed by atoms with E-state index in [1.54, 1.807) is 18.6 Å². The van der Waals surface area contributed by atoms with E-state index in [4.69, 9.17) is 19.9 Å². The Morgan fingerprint density at radius 2 is 1.24 bits per heavy atom. The SMILES string of the molecule is CCc1nc2c3c(-c4ccc(-c5cc(-c6cccnc6)nc(-c6cccnc6)n5)cc4)nc4ccccc4c3ccc2n1-c1ccccc1. The van der Waals surface area contributed by atoms with Crippen LogP contribution >= 0.6 is 0 Å². The molecule has 232 valence electrons. The summed E-state index contributed by atoms with van der Waals surface area (Å²) >= 11 is 0. The first-order chi connectivity index (χ1) is 24.2. The van der Waals surface area contributed by atoms with E-state index in [-0.39, 0.29) is 0 Å². The van der Waals surface area contributed by atoms with E-state index in [0.29, 0.717) is 5.82 Å². The molecule has 0 bridgehead atoms. The molecule has 4 aromatic carbocycles. The zero-order chi connectivity index (χ0) is 32.7. The zero-order valence-corrected chi connectivity index (χ0v) is 26.7. The Kier molecular flexibility index (Phi) is 6.94. The molecule has 0 radical (unpaired) electrons. The van der Waals surface area contributed by atoms with E-state index >= 15 is 0 Å². The summed E-state index contributed by atoms with van der Waals surface area (Å²) in [6.45, 7) is 2.16. The predicted octanol–water partition coefficient (Wildman–Crippen LogP) is 9.54. The van der Waals surface area contributed by atoms with Crippen molar-refractivity contribution in [2.24, 2.45) is 0 Å². The summed E-state index contributed by atoms with van der Waals surface area (Å²) in [5.74, 6) is 1.62. The number of benzene rings is 4. The topological polar surface area (TPSA) is 82.3 Å². The molecule has 0 aliphatic heterocycles. The molecule has 0 fully saturated rings. The Morgan fingerprint density at radius 3 is 1.98 bits per heavy atom. The smallest absolute Gasteiger partial charge is 0.161 e. The van der Waals surface area contributed by atoms with Gasteiger partial charge in [0.2, 0.25) is 0 Å². The third kappa shape index (κ3) is 5.00. The molecule has 7 heteroatoms. The van der Waals surface area contributed by atoms with Crippen molar-refractivity contribution in [3.05, 3.63) is 152 Å². The van der Waals surface area contributed by atoms with E-state index in [1.165, 1.54) is 0 Å². The Morgan fingerprint density at radius 1 is 0.551 bits per heavy atom. The van der Waals surface area contributed by atoms with Crippen LogP contribution in [0.2, 0.25) is 0 Å². The Balaban J connectivity index is 1.23. The molecule has 0 unspecified atom stereocenters. The summed E-state index contributed by atoms with van der Waals surface area (Å²) in [5, 5.41) is 3.29. The molecule has 0 atom stereocenters. The lowest BCUT2D eigenvalue weighted by molar-refractivity contribution is 0.908. The number of fused-ring (bicyclic) bond motifs is 5. The van der Waals surface area contributed by atoms with Crippen LogP contribution in [0.1, 0.15) is 12.7 Å². The van der Waals surface area contributed by atoms with E-state index in [9.17, 15) is 0 Å². The first-order valence-electron chi connectivity index (χ1n) is 16.3. The second-order valence-electron chi connectivity index (χ2n) is 11.9. The second kappa shape index (κ2) is 11.9. The maximum Gasteiger partial charge on any atom is 0.161 e. The first kappa shape index (κ1) is 28.6. The molecular weight excluding hydrogens is 603 g/mol. The van der Waals surface area contributed by atoms with Gasteiger partial charge in [0.05, 0.1) is 33.6 Å². The van der Waals surface area contributed by atoms with Crippen molar-refractivity contribution in [2.75, 3.05) is 0 Å². The predicted molar refractivity (Wildman–Crippen MR) is 196 cm³/mol. The largest absolute Gasteiger partial charge is 0.296 e. The summed E-state index contributed by atoms with van der Waals surface area (Å²) in [5.41, 5.74) is 10.3. The highest BCUT2D eigenvalue weighted by atomic mass is 15.1. The number of rotatable bonds is 6. The van der Waals surface area contributed by atoms with E-state index in [0.717, 1.165) is 90.0 Å². The van der Waals surface area contributed by atoms with Crippen LogP contribution in [0.25, 0.3) is 83.6 Å². The molecule has 9 rings (SSSR count). The van der Waals surface area contributed by atoms with Crippen LogP contribution < -0.4 is 0 Å². The van der Waals surface area contributed by atoms with Crippen molar-refractivity contribution in [2.45, 2.75) is 13.3 Å². The highest BCUT2D eigenvalue weighted by molar-refractivity contribution is 6.19. The lowest BCUT2D eigenvalue weighted by Crippen LogP contribution is -1.99. The molecular formula is C42H29N7. The highest BCUT2D eigenvalue weighted by Crippen LogP contribution is 2.39. The molecule has 0 aliphatic carbocycles. The van der Waals surface area contributed by atoms with E-state index < -0.39 is 0 Å². The van der Waals surface area contributed by atoms with Gasteiger partial charge in [-0.1, -0.05) is 73.7 Å². The van der Waals surface area contributed by atoms with Crippen molar-refractivity contribution < 1.29 is 0 Å². The van der Waals surface area contributed by atoms with Crippen LogP contribution in [-0.2, 0) is 6.42 Å². The highest BCUT2D eigenvalue weighted by Gasteiger charge is 2.20. The number of imidazole rings is 1. The fourth-order valence-electron chi connectivity index (χ4n) is 6.62. The number of hydrogen-bond donors (Lipinski definition) is 0. The van der Waals surface area contributed by atoms with Crippen LogP contribution in [0.5, 0.6) is 0 Å². The van der Waals surface area contributed by atoms with Gasteiger partial charge in [-0.05, 0) is 60.0 Å². The van der Waals surface area contributed by atoms with Gasteiger partial charge in [-0.2, -0.15) is 0 Å². The third-order valence-electron chi connectivity index (χ3n) is 8.95. The molecule has 49 heavy (non-hydrogen) atoms. The van der Waals surface area contributed by atoms with Crippen LogP contribution in [0.3, 0.4) is 0 Å². The number of aromatic nitrogens is 7. The number of hydrogen-bond acceptors (Lipinski definition) is 6. The van der Waals surface area contributed by atoms with Gasteiger partial charge in [0.25, 0.3) is 0 Å². The van der Waals surface area contributed by atoms with Gasteiger partial charge in [0.15, 0.2) is 5.82 Å². The van der Waals surface area contributed by atoms with Gasteiger partial charge < -0.3 is 0 Å². The molecule has 0 saturated heterocycles. The molecule has 0 spiro atoms. The molecule has 0 amide bonds. The minimum Gasteiger partial charge on any atom is -0.296 e. The van der Waals surface area contributed by atoms with E-state index in [2.05, 4.69) is 100 Å². The average molecular weight is 632 g/mol. The van der Waals surface area contributed by atoms with Gasteiger partial charge >= 0.3 is 0 Å². The summed E-state index contributed by atoms with van der Waals surface area (Å²) < 4.78 is 2.27. The molecule has 0 saturated carbocycles. The fourth-order valence-corrected chi connectivity index (χ4v) is 6.62. The zero-order valence-electron chi connectivity index (χ0n) is 26.7. The van der Waals surface area contributed by atoms with Crippen LogP contribution in [0.15, 0.2) is 146 Å². The molecule has 5 heterocycles. The summed E-state index contributed by atoms with van der Waals surface area (Å²) in [6, 6.07) is 41.5. The molecule has 5 aromatic heterocycles. The molecule has 0 aliphatic rings. The van der Waals surface area contributed by atoms with E-state index in [1.807, 2.05) is 48.7 Å². The number of aryl methyl sites for hydroxylation is 1. The van der Waals surface area contributed by atoms with Gasteiger partial charge in [0.1, 0.15) is 5.82 Å². The minimum absolute atomic E-state index is 0.610. The van der Waals surface area contributed by atoms with Gasteiger partial charge in [0, 0.05) is 69.9 Å². The van der Waals surface area contributed by atoms with Gasteiger partial charge in [-0.3, -0.25) is 14.5 Å². The summed E-state index contributed by atoms with van der Waals surface area (Å²) in [4.78, 5) is 29.0. The minimum atomic E-state index is 0.610. The van der Waals surface area contributed by atoms with Crippen molar-refractivity contribution in [3.8, 4) is 50.8 Å². The quantitative estimate of drug-likeness (QED) is 0.170. The van der Waals surface area contributed by atoms with Crippen molar-refractivity contribution in [1.82, 2.24) is 34.5 Å². The van der Waals surface area contributed by atoms with Gasteiger partial charge in [-0.25, -0.2) is 19.9 Å². The van der Waals surface area contributed by atoms with Gasteiger partial charge in [-0.15, -0.1) is 0 Å². The Bertz CT molecular complexity index is 2560. The maximum atomic E-state index is 5.28. The lowest BCUT2D eigenvalue weighted by atomic mass is 9.97. The maximum absolute atomic E-state index is 5.28. The van der Waals surface area contributed by atoms with Crippen LogP contribution in [0, 0.1) is 0 Å². The lowest BCUT2D eigenvalue weighted by Gasteiger charge is -2.13. The average Bonchev–Trinajstić information content (AvgIpc) is 3.57. The summed E-state index contributed by atoms with van der Waals surface area (Å²) in [6.07, 6.45) is 7.93. The Hall–Kier alpha value is -6.60. The number of nitrogens with zero attached hydrogens (tertiary/aromatic N) is 7. The molecule has 9 aromatic rings. The van der Waals surface area contributed by atoms with Crippen LogP contribution in [0.4, 0.5) is 0 Å². The second-order valence-corrected chi connectivity index (χ2v) is 11.9. The van der Waals surface area contributed by atoms with Crippen molar-refractivity contribution >= 4 is 32.7 Å². The normalized spacial score (nSPS) is 11.4. The molecule has 0 N–H and O–H groups in total. The van der Waals surface area contributed by atoms with Crippen molar-refractivity contribution in [1.29, 1.82) is 0 Å². The molecule has 7 nitrogen and oxygen atoms in total. The number of pyridine rings is 3.